The summed E-state index contributed by atoms with van der Waals surface area (Å²) in [5.74, 6) is 0. The second-order valence-electron chi connectivity index (χ2n) is 6.25. The van der Waals surface area contributed by atoms with E-state index in [2.05, 4.69) is 69.5 Å². The van der Waals surface area contributed by atoms with Crippen molar-refractivity contribution < 1.29 is 0 Å². The predicted octanol–water partition coefficient (Wildman–Crippen LogP) is 2.36. The van der Waals surface area contributed by atoms with Gasteiger partial charge in [-0.2, -0.15) is 5.10 Å². The summed E-state index contributed by atoms with van der Waals surface area (Å²) in [7, 11) is 0. The molecule has 0 aliphatic carbocycles. The molecule has 1 aromatic heterocycles. The van der Waals surface area contributed by atoms with Crippen LogP contribution in [0.3, 0.4) is 0 Å². The van der Waals surface area contributed by atoms with Gasteiger partial charge >= 0.3 is 0 Å². The summed E-state index contributed by atoms with van der Waals surface area (Å²) in [4.78, 5) is 5.02. The Morgan fingerprint density at radius 3 is 2.42 bits per heavy atom. The summed E-state index contributed by atoms with van der Waals surface area (Å²) < 4.78 is 0. The minimum Gasteiger partial charge on any atom is -0.369 e. The number of aromatic amines is 1. The molecule has 0 atom stereocenters. The topological polar surface area (TPSA) is 47.2 Å². The van der Waals surface area contributed by atoms with E-state index in [1.54, 1.807) is 0 Å². The lowest BCUT2D eigenvalue weighted by Crippen LogP contribution is -2.48. The Morgan fingerprint density at radius 2 is 1.79 bits per heavy atom. The molecule has 0 saturated carbocycles. The van der Waals surface area contributed by atoms with E-state index in [9.17, 15) is 0 Å². The van der Waals surface area contributed by atoms with Crippen LogP contribution in [0.15, 0.2) is 30.3 Å². The van der Waals surface area contributed by atoms with E-state index in [-0.39, 0.29) is 12.4 Å². The van der Waals surface area contributed by atoms with Crippen LogP contribution in [0.25, 0.3) is 0 Å². The summed E-state index contributed by atoms with van der Waals surface area (Å²) in [6, 6.07) is 10.7. The zero-order valence-corrected chi connectivity index (χ0v) is 15.4. The van der Waals surface area contributed by atoms with Crippen LogP contribution in [-0.2, 0) is 6.54 Å². The lowest BCUT2D eigenvalue weighted by Gasteiger charge is -2.36. The molecule has 2 heterocycles. The fraction of sp³-hybridized carbons (Fsp3) is 0.500. The Bertz CT molecular complexity index is 586. The van der Waals surface area contributed by atoms with Gasteiger partial charge < -0.3 is 10.2 Å². The zero-order chi connectivity index (χ0) is 16.1. The van der Waals surface area contributed by atoms with E-state index in [1.165, 1.54) is 16.9 Å². The molecule has 0 amide bonds. The van der Waals surface area contributed by atoms with Crippen LogP contribution in [0, 0.1) is 13.8 Å². The van der Waals surface area contributed by atoms with Crippen LogP contribution in [0.1, 0.15) is 17.0 Å². The van der Waals surface area contributed by atoms with Gasteiger partial charge in [0.15, 0.2) is 0 Å². The van der Waals surface area contributed by atoms with Gasteiger partial charge in [0.2, 0.25) is 0 Å². The first-order valence-electron chi connectivity index (χ1n) is 8.47. The summed E-state index contributed by atoms with van der Waals surface area (Å²) in [5, 5.41) is 10.8. The van der Waals surface area contributed by atoms with E-state index in [0.29, 0.717) is 0 Å². The minimum absolute atomic E-state index is 0. The number of nitrogens with one attached hydrogen (secondary N) is 2. The first-order valence-corrected chi connectivity index (χ1v) is 8.47. The van der Waals surface area contributed by atoms with Crippen LogP contribution in [0.4, 0.5) is 5.69 Å². The Hall–Kier alpha value is -1.56. The summed E-state index contributed by atoms with van der Waals surface area (Å²) >= 11 is 0. The predicted molar refractivity (Wildman–Crippen MR) is 102 cm³/mol. The first-order chi connectivity index (χ1) is 11.2. The number of benzene rings is 1. The van der Waals surface area contributed by atoms with Crippen molar-refractivity contribution in [3.05, 3.63) is 47.3 Å². The molecule has 0 spiro atoms. The van der Waals surface area contributed by atoms with Gasteiger partial charge in [-0.1, -0.05) is 18.2 Å². The zero-order valence-electron chi connectivity index (χ0n) is 14.6. The number of halogens is 1. The molecule has 3 rings (SSSR count). The van der Waals surface area contributed by atoms with Gasteiger partial charge in [-0.15, -0.1) is 12.4 Å². The maximum atomic E-state index is 4.24. The van der Waals surface area contributed by atoms with Gasteiger partial charge in [0.25, 0.3) is 0 Å². The number of hydrogen-bond acceptors (Lipinski definition) is 4. The SMILES string of the molecule is Cc1n[nH]c(C)c1CNCCN1CCN(c2ccccc2)CC1.Cl. The summed E-state index contributed by atoms with van der Waals surface area (Å²) in [6.45, 7) is 11.7. The van der Waals surface area contributed by atoms with Crippen molar-refractivity contribution >= 4 is 18.1 Å². The van der Waals surface area contributed by atoms with Crippen LogP contribution in [0.5, 0.6) is 0 Å². The molecule has 0 bridgehead atoms. The highest BCUT2D eigenvalue weighted by atomic mass is 35.5. The average molecular weight is 350 g/mol. The second kappa shape index (κ2) is 9.06. The summed E-state index contributed by atoms with van der Waals surface area (Å²) in [6.07, 6.45) is 0. The number of piperazine rings is 1. The normalized spacial score (nSPS) is 15.3. The van der Waals surface area contributed by atoms with Crippen LogP contribution in [-0.4, -0.2) is 54.4 Å². The molecule has 24 heavy (non-hydrogen) atoms. The Balaban J connectivity index is 0.00000208. The van der Waals surface area contributed by atoms with Crippen molar-refractivity contribution in [1.29, 1.82) is 0 Å². The molecular weight excluding hydrogens is 322 g/mol. The number of anilines is 1. The van der Waals surface area contributed by atoms with Gasteiger partial charge in [-0.3, -0.25) is 10.00 Å². The van der Waals surface area contributed by atoms with Gasteiger partial charge in [0.1, 0.15) is 0 Å². The molecule has 1 aromatic carbocycles. The van der Waals surface area contributed by atoms with Crippen molar-refractivity contribution in [3.63, 3.8) is 0 Å². The van der Waals surface area contributed by atoms with Crippen LogP contribution >= 0.6 is 12.4 Å². The van der Waals surface area contributed by atoms with Gasteiger partial charge in [-0.05, 0) is 26.0 Å². The van der Waals surface area contributed by atoms with E-state index >= 15 is 0 Å². The molecule has 1 aliphatic rings. The number of hydrogen-bond donors (Lipinski definition) is 2. The third-order valence-electron chi connectivity index (χ3n) is 4.68. The standard InChI is InChI=1S/C18H27N5.ClH/c1-15-18(16(2)21-20-15)14-19-8-9-22-10-12-23(13-11-22)17-6-4-3-5-7-17;/h3-7,19H,8-14H2,1-2H3,(H,20,21);1H. The molecule has 1 saturated heterocycles. The maximum absolute atomic E-state index is 4.24. The van der Waals surface area contributed by atoms with Crippen molar-refractivity contribution in [2.24, 2.45) is 0 Å². The Morgan fingerprint density at radius 1 is 1.08 bits per heavy atom. The molecule has 5 nitrogen and oxygen atoms in total. The van der Waals surface area contributed by atoms with Crippen molar-refractivity contribution in [2.75, 3.05) is 44.2 Å². The molecule has 0 unspecified atom stereocenters. The lowest BCUT2D eigenvalue weighted by atomic mass is 10.2. The third kappa shape index (κ3) is 4.72. The fourth-order valence-corrected chi connectivity index (χ4v) is 3.15. The highest BCUT2D eigenvalue weighted by Gasteiger charge is 2.16. The lowest BCUT2D eigenvalue weighted by molar-refractivity contribution is 0.257. The van der Waals surface area contributed by atoms with Crippen molar-refractivity contribution in [1.82, 2.24) is 20.4 Å². The van der Waals surface area contributed by atoms with Crippen LogP contribution < -0.4 is 10.2 Å². The van der Waals surface area contributed by atoms with E-state index in [4.69, 9.17) is 0 Å². The van der Waals surface area contributed by atoms with Crippen molar-refractivity contribution in [2.45, 2.75) is 20.4 Å². The second-order valence-corrected chi connectivity index (χ2v) is 6.25. The molecule has 2 N–H and O–H groups in total. The van der Waals surface area contributed by atoms with E-state index in [0.717, 1.165) is 51.5 Å². The Kier molecular flexibility index (Phi) is 7.09. The maximum Gasteiger partial charge on any atom is 0.0638 e. The quantitative estimate of drug-likeness (QED) is 0.786. The minimum atomic E-state index is 0. The molecule has 6 heteroatoms. The van der Waals surface area contributed by atoms with E-state index < -0.39 is 0 Å². The van der Waals surface area contributed by atoms with Gasteiger partial charge in [-0.25, -0.2) is 0 Å². The molecule has 2 aromatic rings. The smallest absolute Gasteiger partial charge is 0.0638 e. The van der Waals surface area contributed by atoms with E-state index in [1.807, 2.05) is 0 Å². The highest BCUT2D eigenvalue weighted by molar-refractivity contribution is 5.85. The number of aryl methyl sites for hydroxylation is 2. The number of rotatable bonds is 6. The first kappa shape index (κ1) is 18.8. The Labute approximate surface area is 150 Å². The summed E-state index contributed by atoms with van der Waals surface area (Å²) in [5.41, 5.74) is 4.92. The largest absolute Gasteiger partial charge is 0.369 e. The molecule has 1 fully saturated rings. The third-order valence-corrected chi connectivity index (χ3v) is 4.68. The molecular formula is C18H28ClN5. The van der Waals surface area contributed by atoms with Crippen LogP contribution in [0.2, 0.25) is 0 Å². The number of nitrogens with zero attached hydrogens (tertiary/aromatic N) is 3. The molecule has 0 radical (unpaired) electrons. The molecule has 1 aliphatic heterocycles. The van der Waals surface area contributed by atoms with Crippen molar-refractivity contribution in [3.8, 4) is 0 Å². The monoisotopic (exact) mass is 349 g/mol. The number of H-pyrrole nitrogens is 1. The van der Waals surface area contributed by atoms with Gasteiger partial charge in [0.05, 0.1) is 5.69 Å². The molecule has 132 valence electrons. The average Bonchev–Trinajstić information content (AvgIpc) is 2.92. The van der Waals surface area contributed by atoms with Gasteiger partial charge in [0, 0.05) is 62.8 Å². The number of aromatic nitrogens is 2. The highest BCUT2D eigenvalue weighted by Crippen LogP contribution is 2.15. The fourth-order valence-electron chi connectivity index (χ4n) is 3.15. The number of para-hydroxylation sites is 1.